The zero-order chi connectivity index (χ0) is 12.5. The SMILES string of the molecule is Cc1c(-c2cnc(CN)cn2)[nH]c2ccccc12. The normalized spacial score (nSPS) is 11.0. The van der Waals surface area contributed by atoms with Crippen LogP contribution in [0.15, 0.2) is 36.7 Å². The second kappa shape index (κ2) is 4.23. The molecule has 0 unspecified atom stereocenters. The van der Waals surface area contributed by atoms with Gasteiger partial charge >= 0.3 is 0 Å². The van der Waals surface area contributed by atoms with Gasteiger partial charge in [0.05, 0.1) is 23.8 Å². The number of rotatable bonds is 2. The van der Waals surface area contributed by atoms with Gasteiger partial charge in [-0.15, -0.1) is 0 Å². The predicted octanol–water partition coefficient (Wildman–Crippen LogP) is 2.39. The monoisotopic (exact) mass is 238 g/mol. The van der Waals surface area contributed by atoms with Crippen molar-refractivity contribution < 1.29 is 0 Å². The van der Waals surface area contributed by atoms with Gasteiger partial charge in [0, 0.05) is 17.4 Å². The number of fused-ring (bicyclic) bond motifs is 1. The van der Waals surface area contributed by atoms with Crippen molar-refractivity contribution in [3.8, 4) is 11.4 Å². The van der Waals surface area contributed by atoms with Gasteiger partial charge in [-0.05, 0) is 18.6 Å². The molecule has 0 saturated heterocycles. The van der Waals surface area contributed by atoms with E-state index in [2.05, 4.69) is 34.0 Å². The van der Waals surface area contributed by atoms with Crippen LogP contribution in [-0.2, 0) is 6.54 Å². The lowest BCUT2D eigenvalue weighted by Crippen LogP contribution is -2.00. The molecule has 3 rings (SSSR count). The van der Waals surface area contributed by atoms with Crippen LogP contribution in [-0.4, -0.2) is 15.0 Å². The molecule has 4 nitrogen and oxygen atoms in total. The summed E-state index contributed by atoms with van der Waals surface area (Å²) >= 11 is 0. The van der Waals surface area contributed by atoms with Gasteiger partial charge < -0.3 is 10.7 Å². The Morgan fingerprint density at radius 3 is 2.67 bits per heavy atom. The van der Waals surface area contributed by atoms with E-state index in [1.807, 2.05) is 12.1 Å². The Bertz CT molecular complexity index is 683. The Morgan fingerprint density at radius 2 is 2.00 bits per heavy atom. The first-order chi connectivity index (χ1) is 8.79. The zero-order valence-corrected chi connectivity index (χ0v) is 10.1. The summed E-state index contributed by atoms with van der Waals surface area (Å²) in [6, 6.07) is 8.22. The van der Waals surface area contributed by atoms with E-state index < -0.39 is 0 Å². The summed E-state index contributed by atoms with van der Waals surface area (Å²) in [5.41, 5.74) is 10.5. The third-order valence-corrected chi connectivity index (χ3v) is 3.14. The van der Waals surface area contributed by atoms with Crippen LogP contribution in [0.2, 0.25) is 0 Å². The fourth-order valence-corrected chi connectivity index (χ4v) is 2.13. The van der Waals surface area contributed by atoms with Crippen LogP contribution >= 0.6 is 0 Å². The first-order valence-corrected chi connectivity index (χ1v) is 5.88. The number of aromatic amines is 1. The number of H-pyrrole nitrogens is 1. The highest BCUT2D eigenvalue weighted by Crippen LogP contribution is 2.27. The molecule has 0 bridgehead atoms. The van der Waals surface area contributed by atoms with Crippen LogP contribution in [0.5, 0.6) is 0 Å². The van der Waals surface area contributed by atoms with Crippen molar-refractivity contribution in [3.63, 3.8) is 0 Å². The molecule has 0 aliphatic rings. The van der Waals surface area contributed by atoms with E-state index in [-0.39, 0.29) is 0 Å². The van der Waals surface area contributed by atoms with Crippen molar-refractivity contribution in [3.05, 3.63) is 47.9 Å². The van der Waals surface area contributed by atoms with Crippen LogP contribution in [0.1, 0.15) is 11.3 Å². The van der Waals surface area contributed by atoms with Gasteiger partial charge in [-0.2, -0.15) is 0 Å². The van der Waals surface area contributed by atoms with Crippen molar-refractivity contribution in [2.75, 3.05) is 0 Å². The minimum absolute atomic E-state index is 0.416. The zero-order valence-electron chi connectivity index (χ0n) is 10.1. The molecule has 3 N–H and O–H groups in total. The van der Waals surface area contributed by atoms with Gasteiger partial charge in [-0.1, -0.05) is 18.2 Å². The molecule has 0 amide bonds. The van der Waals surface area contributed by atoms with Crippen LogP contribution in [0, 0.1) is 6.92 Å². The highest BCUT2D eigenvalue weighted by atomic mass is 14.8. The maximum atomic E-state index is 5.52. The van der Waals surface area contributed by atoms with E-state index in [1.54, 1.807) is 12.4 Å². The van der Waals surface area contributed by atoms with E-state index in [0.29, 0.717) is 6.54 Å². The molecule has 0 aliphatic heterocycles. The quantitative estimate of drug-likeness (QED) is 0.720. The minimum Gasteiger partial charge on any atom is -0.353 e. The number of benzene rings is 1. The molecule has 0 atom stereocenters. The van der Waals surface area contributed by atoms with Crippen molar-refractivity contribution in [1.29, 1.82) is 0 Å². The molecule has 1 aromatic carbocycles. The summed E-state index contributed by atoms with van der Waals surface area (Å²) in [6.45, 7) is 2.51. The fraction of sp³-hybridized carbons (Fsp3) is 0.143. The Balaban J connectivity index is 2.15. The van der Waals surface area contributed by atoms with Crippen LogP contribution in [0.4, 0.5) is 0 Å². The van der Waals surface area contributed by atoms with Crippen molar-refractivity contribution in [1.82, 2.24) is 15.0 Å². The first kappa shape index (κ1) is 10.9. The Morgan fingerprint density at radius 1 is 1.17 bits per heavy atom. The molecule has 0 fully saturated rings. The summed E-state index contributed by atoms with van der Waals surface area (Å²) < 4.78 is 0. The van der Waals surface area contributed by atoms with Gasteiger partial charge in [-0.25, -0.2) is 0 Å². The van der Waals surface area contributed by atoms with Gasteiger partial charge in [0.25, 0.3) is 0 Å². The Hall–Kier alpha value is -2.20. The molecule has 3 aromatic rings. The first-order valence-electron chi connectivity index (χ1n) is 5.88. The van der Waals surface area contributed by atoms with E-state index in [1.165, 1.54) is 10.9 Å². The molecule has 0 aliphatic carbocycles. The minimum atomic E-state index is 0.416. The molecule has 2 aromatic heterocycles. The summed E-state index contributed by atoms with van der Waals surface area (Å²) in [5, 5.41) is 1.22. The summed E-state index contributed by atoms with van der Waals surface area (Å²) in [4.78, 5) is 12.1. The van der Waals surface area contributed by atoms with Gasteiger partial charge in [0.15, 0.2) is 0 Å². The molecule has 18 heavy (non-hydrogen) atoms. The Kier molecular flexibility index (Phi) is 2.57. The summed E-state index contributed by atoms with van der Waals surface area (Å²) in [6.07, 6.45) is 3.49. The van der Waals surface area contributed by atoms with Crippen molar-refractivity contribution in [2.45, 2.75) is 13.5 Å². The van der Waals surface area contributed by atoms with Crippen LogP contribution in [0.25, 0.3) is 22.3 Å². The highest BCUT2D eigenvalue weighted by Gasteiger charge is 2.10. The largest absolute Gasteiger partial charge is 0.353 e. The lowest BCUT2D eigenvalue weighted by atomic mass is 10.1. The van der Waals surface area contributed by atoms with Crippen LogP contribution < -0.4 is 5.73 Å². The van der Waals surface area contributed by atoms with E-state index in [9.17, 15) is 0 Å². The average Bonchev–Trinajstić information content (AvgIpc) is 2.77. The second-order valence-electron chi connectivity index (χ2n) is 4.27. The Labute approximate surface area is 105 Å². The fourth-order valence-electron chi connectivity index (χ4n) is 2.13. The van der Waals surface area contributed by atoms with Crippen molar-refractivity contribution >= 4 is 10.9 Å². The van der Waals surface area contributed by atoms with E-state index in [0.717, 1.165) is 22.6 Å². The smallest absolute Gasteiger partial charge is 0.105 e. The molecular formula is C14H14N4. The highest BCUT2D eigenvalue weighted by molar-refractivity contribution is 5.89. The molecule has 90 valence electrons. The molecule has 4 heteroatoms. The number of nitrogens with zero attached hydrogens (tertiary/aromatic N) is 2. The number of aryl methyl sites for hydroxylation is 1. The molecule has 0 spiro atoms. The van der Waals surface area contributed by atoms with Crippen molar-refractivity contribution in [2.24, 2.45) is 5.73 Å². The lowest BCUT2D eigenvalue weighted by Gasteiger charge is -2.00. The lowest BCUT2D eigenvalue weighted by molar-refractivity contribution is 0.964. The molecule has 0 saturated carbocycles. The van der Waals surface area contributed by atoms with E-state index in [4.69, 9.17) is 5.73 Å². The van der Waals surface area contributed by atoms with Gasteiger partial charge in [0.2, 0.25) is 0 Å². The molecular weight excluding hydrogens is 224 g/mol. The summed E-state index contributed by atoms with van der Waals surface area (Å²) in [5.74, 6) is 0. The number of hydrogen-bond donors (Lipinski definition) is 2. The number of aromatic nitrogens is 3. The van der Waals surface area contributed by atoms with Gasteiger partial charge in [-0.3, -0.25) is 9.97 Å². The van der Waals surface area contributed by atoms with E-state index >= 15 is 0 Å². The number of nitrogens with one attached hydrogen (secondary N) is 1. The number of nitrogens with two attached hydrogens (primary N) is 1. The average molecular weight is 238 g/mol. The topological polar surface area (TPSA) is 67.6 Å². The second-order valence-corrected chi connectivity index (χ2v) is 4.27. The maximum Gasteiger partial charge on any atom is 0.105 e. The van der Waals surface area contributed by atoms with Gasteiger partial charge in [0.1, 0.15) is 5.69 Å². The number of hydrogen-bond acceptors (Lipinski definition) is 3. The van der Waals surface area contributed by atoms with Crippen LogP contribution in [0.3, 0.4) is 0 Å². The summed E-state index contributed by atoms with van der Waals surface area (Å²) in [7, 11) is 0. The standard InChI is InChI=1S/C14H14N4/c1-9-11-4-2-3-5-12(11)18-14(9)13-8-16-10(6-15)7-17-13/h2-5,7-8,18H,6,15H2,1H3. The number of para-hydroxylation sites is 1. The predicted molar refractivity (Wildman–Crippen MR) is 72.0 cm³/mol. The third kappa shape index (κ3) is 1.67. The molecule has 2 heterocycles. The third-order valence-electron chi connectivity index (χ3n) is 3.14. The molecule has 0 radical (unpaired) electrons. The maximum absolute atomic E-state index is 5.52.